The molecule has 0 nitrogen and oxygen atoms in total. The normalized spacial score (nSPS) is 18.2. The summed E-state index contributed by atoms with van der Waals surface area (Å²) in [6.07, 6.45) is 7.11. The van der Waals surface area contributed by atoms with Gasteiger partial charge in [0.2, 0.25) is 0 Å². The molecular formula is C56H85Cl2Si5Zr. The Hall–Kier alpha value is -1.09. The summed E-state index contributed by atoms with van der Waals surface area (Å²) >= 11 is -5.07. The average Bonchev–Trinajstić information content (AvgIpc) is 3.74. The molecule has 0 heterocycles. The van der Waals surface area contributed by atoms with Gasteiger partial charge >= 0.3 is 409 Å². The van der Waals surface area contributed by atoms with Gasteiger partial charge in [0, 0.05) is 0 Å². The van der Waals surface area contributed by atoms with E-state index in [1.807, 2.05) is 0 Å². The molecule has 347 valence electrons. The number of benzene rings is 4. The Balaban J connectivity index is 1.71. The Labute approximate surface area is 405 Å². The van der Waals surface area contributed by atoms with Crippen molar-refractivity contribution >= 4 is 88.1 Å². The van der Waals surface area contributed by atoms with Crippen LogP contribution in [0.1, 0.15) is 109 Å². The predicted octanol–water partition coefficient (Wildman–Crippen LogP) is 16.2. The van der Waals surface area contributed by atoms with Gasteiger partial charge in [-0.1, -0.05) is 0 Å². The van der Waals surface area contributed by atoms with Crippen LogP contribution in [0, 0.1) is 0 Å². The fraction of sp³-hybridized carbons (Fsp3) is 0.500. The summed E-state index contributed by atoms with van der Waals surface area (Å²) in [6, 6.07) is 25.5. The summed E-state index contributed by atoms with van der Waals surface area (Å²) in [7, 11) is 11.7. The van der Waals surface area contributed by atoms with Crippen LogP contribution < -0.4 is 20.7 Å². The van der Waals surface area contributed by atoms with Gasteiger partial charge in [-0.3, -0.25) is 0 Å². The Bertz CT molecular complexity index is 2320. The first kappa shape index (κ1) is 52.3. The summed E-state index contributed by atoms with van der Waals surface area (Å²) in [5.41, 5.74) is 16.9. The Morgan fingerprint density at radius 2 is 0.766 bits per heavy atom. The zero-order chi connectivity index (χ0) is 48.3. The van der Waals surface area contributed by atoms with Crippen molar-refractivity contribution in [2.75, 3.05) is 0 Å². The number of hydrogen-bond acceptors (Lipinski definition) is 0. The molecule has 2 unspecified atom stereocenters. The van der Waals surface area contributed by atoms with E-state index in [4.69, 9.17) is 17.0 Å². The van der Waals surface area contributed by atoms with E-state index in [9.17, 15) is 0 Å². The van der Waals surface area contributed by atoms with Crippen LogP contribution in [0.5, 0.6) is 0 Å². The van der Waals surface area contributed by atoms with Gasteiger partial charge in [0.05, 0.1) is 0 Å². The third kappa shape index (κ3) is 9.35. The first-order valence-electron chi connectivity index (χ1n) is 24.6. The summed E-state index contributed by atoms with van der Waals surface area (Å²) in [6.45, 7) is 54.3. The van der Waals surface area contributed by atoms with Crippen molar-refractivity contribution in [3.63, 3.8) is 0 Å². The van der Waals surface area contributed by atoms with Gasteiger partial charge in [-0.15, -0.1) is 0 Å². The van der Waals surface area contributed by atoms with Gasteiger partial charge < -0.3 is 0 Å². The molecule has 0 fully saturated rings. The molecule has 2 aliphatic carbocycles. The maximum atomic E-state index is 9.12. The number of halogens is 2. The van der Waals surface area contributed by atoms with Crippen molar-refractivity contribution in [3.8, 4) is 22.3 Å². The summed E-state index contributed by atoms with van der Waals surface area (Å²) in [5.74, 6) is -1.76. The SMILES string of the molecule is CCC1=Cc2c(ccc(C(C)(C)C)c2-c2cc([Si](C)(C)C)cc([Si](C)(C)C)c2)[CH]1[Zr]([Cl])([Cl])([CH]1C(CC)=Cc2c1ccc(C(C)(C)C)c2-c1cc([Si](C)(C)C)cc([Si](C)(C)C)c1)[SiH](C)C. The van der Waals surface area contributed by atoms with Crippen LogP contribution in [0.15, 0.2) is 71.8 Å². The van der Waals surface area contributed by atoms with Crippen LogP contribution >= 0.6 is 17.0 Å². The van der Waals surface area contributed by atoms with Crippen LogP contribution in [-0.2, 0) is 26.4 Å². The van der Waals surface area contributed by atoms with Gasteiger partial charge in [0.25, 0.3) is 0 Å². The van der Waals surface area contributed by atoms with E-state index in [1.54, 1.807) is 20.7 Å². The zero-order valence-corrected chi connectivity index (χ0v) is 53.5. The molecule has 0 bridgehead atoms. The van der Waals surface area contributed by atoms with Crippen LogP contribution in [0.25, 0.3) is 34.4 Å². The third-order valence-corrected chi connectivity index (χ3v) is 75.1. The van der Waals surface area contributed by atoms with Crippen LogP contribution in [-0.4, -0.2) is 38.2 Å². The Kier molecular flexibility index (Phi) is 14.0. The Morgan fingerprint density at radius 1 is 0.484 bits per heavy atom. The number of hydrogen-bond donors (Lipinski definition) is 0. The van der Waals surface area contributed by atoms with Gasteiger partial charge in [-0.25, -0.2) is 0 Å². The molecule has 8 heteroatoms. The monoisotopic (exact) mass is 1060 g/mol. The second-order valence-corrected chi connectivity index (χ2v) is 89.3. The molecule has 0 radical (unpaired) electrons. The maximum absolute atomic E-state index is 9.12. The average molecular weight is 1060 g/mol. The molecule has 0 aromatic heterocycles. The van der Waals surface area contributed by atoms with E-state index >= 15 is 0 Å². The summed E-state index contributed by atoms with van der Waals surface area (Å²) in [5, 5.41) is 6.23. The van der Waals surface area contributed by atoms with E-state index in [0.717, 1.165) is 12.8 Å². The molecule has 2 atom stereocenters. The van der Waals surface area contributed by atoms with Crippen molar-refractivity contribution in [1.29, 1.82) is 0 Å². The van der Waals surface area contributed by atoms with Crippen molar-refractivity contribution < 1.29 is 15.6 Å². The predicted molar refractivity (Wildman–Crippen MR) is 306 cm³/mol. The first-order valence-corrected chi connectivity index (χ1v) is 54.9. The van der Waals surface area contributed by atoms with Gasteiger partial charge in [0.1, 0.15) is 0 Å². The van der Waals surface area contributed by atoms with E-state index in [2.05, 4.69) is 220 Å². The fourth-order valence-corrected chi connectivity index (χ4v) is 47.7. The van der Waals surface area contributed by atoms with Gasteiger partial charge in [0.15, 0.2) is 0 Å². The molecule has 64 heavy (non-hydrogen) atoms. The molecule has 4 aromatic rings. The van der Waals surface area contributed by atoms with Crippen molar-refractivity contribution in [2.24, 2.45) is 0 Å². The molecule has 0 saturated carbocycles. The molecule has 4 aromatic carbocycles. The van der Waals surface area contributed by atoms with E-state index in [0.29, 0.717) is 0 Å². The first-order chi connectivity index (χ1) is 29.0. The zero-order valence-electron chi connectivity index (χ0n) is 44.3. The van der Waals surface area contributed by atoms with Crippen LogP contribution in [0.3, 0.4) is 0 Å². The molecule has 0 N–H and O–H groups in total. The van der Waals surface area contributed by atoms with E-state index in [1.165, 1.54) is 66.8 Å². The molecule has 0 spiro atoms. The molecule has 6 rings (SSSR count). The fourth-order valence-electron chi connectivity index (χ4n) is 10.9. The van der Waals surface area contributed by atoms with Gasteiger partial charge in [-0.05, 0) is 0 Å². The van der Waals surface area contributed by atoms with Gasteiger partial charge in [-0.2, -0.15) is 0 Å². The van der Waals surface area contributed by atoms with Crippen molar-refractivity contribution in [1.82, 2.24) is 0 Å². The van der Waals surface area contributed by atoms with Crippen LogP contribution in [0.2, 0.25) is 91.7 Å². The number of rotatable bonds is 11. The Morgan fingerprint density at radius 3 is 0.984 bits per heavy atom. The summed E-state index contributed by atoms with van der Waals surface area (Å²) in [4.78, 5) is 0. The second-order valence-electron chi connectivity index (χ2n) is 26.5. The summed E-state index contributed by atoms with van der Waals surface area (Å²) < 4.78 is 0.123. The number of allylic oxidation sites excluding steroid dienone is 2. The number of fused-ring (bicyclic) bond motifs is 2. The van der Waals surface area contributed by atoms with Crippen molar-refractivity contribution in [2.45, 2.75) is 178 Å². The van der Waals surface area contributed by atoms with E-state index in [-0.39, 0.29) is 18.1 Å². The van der Waals surface area contributed by atoms with E-state index < -0.39 is 53.8 Å². The quantitative estimate of drug-likeness (QED) is 0.131. The molecule has 2 aliphatic rings. The van der Waals surface area contributed by atoms with Crippen molar-refractivity contribution in [3.05, 3.63) is 105 Å². The molecule has 0 amide bonds. The molecule has 0 saturated heterocycles. The van der Waals surface area contributed by atoms with Crippen LogP contribution in [0.4, 0.5) is 0 Å². The minimum absolute atomic E-state index is 0.0459. The molecular weight excluding hydrogens is 975 g/mol. The standard InChI is InChI=1S/2C27H39Si2.C2H7Si.2ClH.Zr/c2*1-11-19-14-20-12-13-25(27(2,3)4)26(24(20)15-19)21-16-22(28(5,6)7)18-23(17-21)29(8,9)10;1-3-2;;;/h2*12-18H,11H2,1-10H3;3H,1-2H3;2*1H;/q;;;;;+2/p-2. The molecule has 0 aliphatic heterocycles. The minimum atomic E-state index is -5.07. The topological polar surface area (TPSA) is 0 Å². The third-order valence-electron chi connectivity index (χ3n) is 15.1. The second kappa shape index (κ2) is 17.1.